The van der Waals surface area contributed by atoms with Gasteiger partial charge in [-0.2, -0.15) is 0 Å². The minimum atomic E-state index is -0.926. The van der Waals surface area contributed by atoms with Crippen LogP contribution in [0.3, 0.4) is 0 Å². The molecule has 0 N–H and O–H groups in total. The maximum atomic E-state index is 12.7. The molecular formula is C16H18BrNO5. The predicted octanol–water partition coefficient (Wildman–Crippen LogP) is 3.18. The van der Waals surface area contributed by atoms with Gasteiger partial charge in [-0.15, -0.1) is 0 Å². The molecule has 1 aliphatic heterocycles. The third kappa shape index (κ3) is 3.72. The van der Waals surface area contributed by atoms with E-state index in [1.54, 1.807) is 32.0 Å². The number of ketones is 1. The first kappa shape index (κ1) is 17.5. The molecule has 1 aromatic rings. The summed E-state index contributed by atoms with van der Waals surface area (Å²) in [7, 11) is 1.24. The predicted molar refractivity (Wildman–Crippen MR) is 87.6 cm³/mol. The van der Waals surface area contributed by atoms with Crippen molar-refractivity contribution in [1.29, 1.82) is 0 Å². The van der Waals surface area contributed by atoms with E-state index in [4.69, 9.17) is 9.47 Å². The van der Waals surface area contributed by atoms with Gasteiger partial charge in [-0.05, 0) is 38.5 Å². The van der Waals surface area contributed by atoms with Gasteiger partial charge in [-0.3, -0.25) is 14.5 Å². The fourth-order valence-corrected chi connectivity index (χ4v) is 2.82. The van der Waals surface area contributed by atoms with E-state index in [2.05, 4.69) is 15.9 Å². The third-order valence-corrected chi connectivity index (χ3v) is 4.01. The first-order chi connectivity index (χ1) is 10.8. The van der Waals surface area contributed by atoms with Crippen LogP contribution in [0, 0.1) is 5.92 Å². The molecule has 0 radical (unpaired) electrons. The molecule has 0 saturated carbocycles. The summed E-state index contributed by atoms with van der Waals surface area (Å²) >= 11 is 3.31. The SMILES string of the molecule is COC(=O)C1CCN(C(=O)OC(C)C)c2ccc(Br)cc2C1=O. The van der Waals surface area contributed by atoms with E-state index in [1.165, 1.54) is 12.0 Å². The van der Waals surface area contributed by atoms with E-state index in [0.29, 0.717) is 15.7 Å². The average molecular weight is 384 g/mol. The lowest BCUT2D eigenvalue weighted by atomic mass is 9.95. The van der Waals surface area contributed by atoms with Crippen molar-refractivity contribution in [2.75, 3.05) is 18.6 Å². The van der Waals surface area contributed by atoms with Crippen LogP contribution in [-0.2, 0) is 14.3 Å². The van der Waals surface area contributed by atoms with Gasteiger partial charge in [-0.1, -0.05) is 15.9 Å². The van der Waals surface area contributed by atoms with Crippen LogP contribution in [0.2, 0.25) is 0 Å². The van der Waals surface area contributed by atoms with Crippen molar-refractivity contribution in [3.05, 3.63) is 28.2 Å². The smallest absolute Gasteiger partial charge is 0.414 e. The summed E-state index contributed by atoms with van der Waals surface area (Å²) in [6.07, 6.45) is -0.635. The number of benzene rings is 1. The zero-order valence-corrected chi connectivity index (χ0v) is 14.8. The molecule has 0 bridgehead atoms. The minimum absolute atomic E-state index is 0.186. The highest BCUT2D eigenvalue weighted by Crippen LogP contribution is 2.32. The highest BCUT2D eigenvalue weighted by molar-refractivity contribution is 9.10. The molecular weight excluding hydrogens is 366 g/mol. The number of Topliss-reactive ketones (excluding diaryl/α,β-unsaturated/α-hetero) is 1. The van der Waals surface area contributed by atoms with Crippen LogP contribution < -0.4 is 4.90 Å². The molecule has 1 aromatic carbocycles. The molecule has 0 fully saturated rings. The number of carbonyl (C=O) groups is 3. The highest BCUT2D eigenvalue weighted by Gasteiger charge is 2.36. The highest BCUT2D eigenvalue weighted by atomic mass is 79.9. The van der Waals surface area contributed by atoms with E-state index in [-0.39, 0.29) is 24.9 Å². The van der Waals surface area contributed by atoms with Crippen molar-refractivity contribution in [3.8, 4) is 0 Å². The van der Waals surface area contributed by atoms with Crippen molar-refractivity contribution in [2.24, 2.45) is 5.92 Å². The van der Waals surface area contributed by atoms with Crippen LogP contribution in [0.1, 0.15) is 30.6 Å². The number of halogens is 1. The zero-order valence-electron chi connectivity index (χ0n) is 13.2. The van der Waals surface area contributed by atoms with Crippen LogP contribution in [-0.4, -0.2) is 37.6 Å². The summed E-state index contributed by atoms with van der Waals surface area (Å²) < 4.78 is 10.6. The number of hydrogen-bond donors (Lipinski definition) is 0. The number of rotatable bonds is 2. The third-order valence-electron chi connectivity index (χ3n) is 3.52. The van der Waals surface area contributed by atoms with Gasteiger partial charge in [0, 0.05) is 16.6 Å². The van der Waals surface area contributed by atoms with Crippen LogP contribution in [0.4, 0.5) is 10.5 Å². The van der Waals surface area contributed by atoms with Crippen LogP contribution in [0.25, 0.3) is 0 Å². The first-order valence-corrected chi connectivity index (χ1v) is 8.04. The Hall–Kier alpha value is -1.89. The molecule has 124 valence electrons. The van der Waals surface area contributed by atoms with Crippen LogP contribution >= 0.6 is 15.9 Å². The molecule has 2 rings (SSSR count). The summed E-state index contributed by atoms with van der Waals surface area (Å²) in [5, 5.41) is 0. The Labute approximate surface area is 142 Å². The Morgan fingerprint density at radius 2 is 2.04 bits per heavy atom. The number of amides is 1. The minimum Gasteiger partial charge on any atom is -0.468 e. The number of hydrogen-bond acceptors (Lipinski definition) is 5. The molecule has 23 heavy (non-hydrogen) atoms. The van der Waals surface area contributed by atoms with Crippen LogP contribution in [0.15, 0.2) is 22.7 Å². The monoisotopic (exact) mass is 383 g/mol. The van der Waals surface area contributed by atoms with Gasteiger partial charge in [0.25, 0.3) is 0 Å². The second-order valence-corrected chi connectivity index (χ2v) is 6.39. The Balaban J connectivity index is 2.47. The molecule has 1 heterocycles. The van der Waals surface area contributed by atoms with Crippen molar-refractivity contribution >= 4 is 39.5 Å². The van der Waals surface area contributed by atoms with Gasteiger partial charge in [0.2, 0.25) is 0 Å². The molecule has 7 heteroatoms. The van der Waals surface area contributed by atoms with Crippen molar-refractivity contribution in [2.45, 2.75) is 26.4 Å². The number of fused-ring (bicyclic) bond motifs is 1. The first-order valence-electron chi connectivity index (χ1n) is 7.25. The summed E-state index contributed by atoms with van der Waals surface area (Å²) in [5.41, 5.74) is 0.739. The molecule has 0 aromatic heterocycles. The lowest BCUT2D eigenvalue weighted by Gasteiger charge is -2.23. The molecule has 1 aliphatic rings. The van der Waals surface area contributed by atoms with Crippen molar-refractivity contribution in [1.82, 2.24) is 0 Å². The molecule has 0 spiro atoms. The Morgan fingerprint density at radius 1 is 1.35 bits per heavy atom. The van der Waals surface area contributed by atoms with E-state index < -0.39 is 18.0 Å². The second-order valence-electron chi connectivity index (χ2n) is 5.47. The lowest BCUT2D eigenvalue weighted by Crippen LogP contribution is -2.34. The van der Waals surface area contributed by atoms with Crippen molar-refractivity contribution in [3.63, 3.8) is 0 Å². The number of methoxy groups -OCH3 is 1. The van der Waals surface area contributed by atoms with Gasteiger partial charge in [0.05, 0.1) is 18.9 Å². The molecule has 6 nitrogen and oxygen atoms in total. The standard InChI is InChI=1S/C16H18BrNO5/c1-9(2)23-16(21)18-7-6-11(15(20)22-3)14(19)12-8-10(17)4-5-13(12)18/h4-5,8-9,11H,6-7H2,1-3H3. The number of anilines is 1. The number of ether oxygens (including phenoxy) is 2. The van der Waals surface area contributed by atoms with Gasteiger partial charge >= 0.3 is 12.1 Å². The van der Waals surface area contributed by atoms with Gasteiger partial charge < -0.3 is 9.47 Å². The average Bonchev–Trinajstić information content (AvgIpc) is 2.63. The number of esters is 1. The van der Waals surface area contributed by atoms with Gasteiger partial charge in [0.15, 0.2) is 5.78 Å². The van der Waals surface area contributed by atoms with E-state index >= 15 is 0 Å². The molecule has 1 atom stereocenters. The Bertz CT molecular complexity index is 643. The maximum Gasteiger partial charge on any atom is 0.414 e. The molecule has 1 amide bonds. The van der Waals surface area contributed by atoms with Crippen LogP contribution in [0.5, 0.6) is 0 Å². The van der Waals surface area contributed by atoms with Crippen molar-refractivity contribution < 1.29 is 23.9 Å². The fourth-order valence-electron chi connectivity index (χ4n) is 2.46. The number of nitrogens with zero attached hydrogens (tertiary/aromatic N) is 1. The summed E-state index contributed by atoms with van der Waals surface area (Å²) in [5.74, 6) is -1.88. The summed E-state index contributed by atoms with van der Waals surface area (Å²) in [6.45, 7) is 3.70. The summed E-state index contributed by atoms with van der Waals surface area (Å²) in [4.78, 5) is 38.3. The summed E-state index contributed by atoms with van der Waals surface area (Å²) in [6, 6.07) is 5.01. The largest absolute Gasteiger partial charge is 0.468 e. The van der Waals surface area contributed by atoms with E-state index in [1.807, 2.05) is 0 Å². The normalized spacial score (nSPS) is 17.5. The van der Waals surface area contributed by atoms with E-state index in [9.17, 15) is 14.4 Å². The topological polar surface area (TPSA) is 72.9 Å². The van der Waals surface area contributed by atoms with E-state index in [0.717, 1.165) is 0 Å². The number of carbonyl (C=O) groups excluding carboxylic acids is 3. The molecule has 1 unspecified atom stereocenters. The molecule has 0 saturated heterocycles. The van der Waals surface area contributed by atoms with Gasteiger partial charge in [-0.25, -0.2) is 4.79 Å². The molecule has 0 aliphatic carbocycles. The fraction of sp³-hybridized carbons (Fsp3) is 0.438. The Morgan fingerprint density at radius 3 is 2.65 bits per heavy atom. The Kier molecular flexibility index (Phi) is 5.41. The van der Waals surface area contributed by atoms with Gasteiger partial charge in [0.1, 0.15) is 5.92 Å². The second kappa shape index (κ2) is 7.12. The zero-order chi connectivity index (χ0) is 17.1. The lowest BCUT2D eigenvalue weighted by molar-refractivity contribution is -0.143. The maximum absolute atomic E-state index is 12.7. The quantitative estimate of drug-likeness (QED) is 0.579.